The third kappa shape index (κ3) is 4.43. The monoisotopic (exact) mass is 389 g/mol. The second kappa shape index (κ2) is 7.04. The fourth-order valence-corrected chi connectivity index (χ4v) is 3.75. The molecule has 0 aromatic carbocycles. The first-order valence-electron chi connectivity index (χ1n) is 6.85. The van der Waals surface area contributed by atoms with Crippen LogP contribution in [0.15, 0.2) is 21.2 Å². The van der Waals surface area contributed by atoms with Gasteiger partial charge in [0, 0.05) is 29.8 Å². The van der Waals surface area contributed by atoms with Gasteiger partial charge in [-0.3, -0.25) is 0 Å². The van der Waals surface area contributed by atoms with Gasteiger partial charge in [0.25, 0.3) is 0 Å². The van der Waals surface area contributed by atoms with Crippen molar-refractivity contribution in [3.8, 4) is 0 Å². The van der Waals surface area contributed by atoms with E-state index in [2.05, 4.69) is 67.0 Å². The van der Waals surface area contributed by atoms with Gasteiger partial charge in [-0.25, -0.2) is 4.98 Å². The molecule has 1 aliphatic rings. The molecule has 2 heterocycles. The molecule has 1 aliphatic heterocycles. The van der Waals surface area contributed by atoms with E-state index in [1.807, 2.05) is 6.20 Å². The maximum Gasteiger partial charge on any atom is 0.143 e. The van der Waals surface area contributed by atoms with Crippen LogP contribution in [0.5, 0.6) is 0 Å². The first-order valence-corrected chi connectivity index (χ1v) is 8.44. The summed E-state index contributed by atoms with van der Waals surface area (Å²) >= 11 is 7.09. The minimum Gasteiger partial charge on any atom is -0.354 e. The number of aromatic nitrogens is 1. The van der Waals surface area contributed by atoms with E-state index in [4.69, 9.17) is 0 Å². The number of rotatable bonds is 5. The van der Waals surface area contributed by atoms with Crippen LogP contribution in [0.1, 0.15) is 26.7 Å². The lowest BCUT2D eigenvalue weighted by molar-refractivity contribution is 0.537. The zero-order valence-corrected chi connectivity index (χ0v) is 14.7. The lowest BCUT2D eigenvalue weighted by atomic mass is 10.1. The van der Waals surface area contributed by atoms with Crippen molar-refractivity contribution in [2.24, 2.45) is 5.92 Å². The highest BCUT2D eigenvalue weighted by molar-refractivity contribution is 9.11. The van der Waals surface area contributed by atoms with Crippen LogP contribution in [0.4, 0.5) is 5.82 Å². The van der Waals surface area contributed by atoms with E-state index in [1.54, 1.807) is 0 Å². The zero-order chi connectivity index (χ0) is 13.8. The summed E-state index contributed by atoms with van der Waals surface area (Å²) in [7, 11) is 0. The number of hydrogen-bond acceptors (Lipinski definition) is 3. The predicted octanol–water partition coefficient (Wildman–Crippen LogP) is 3.82. The van der Waals surface area contributed by atoms with E-state index in [0.29, 0.717) is 12.0 Å². The molecular weight excluding hydrogens is 370 g/mol. The Bertz CT molecular complexity index is 417. The molecule has 1 atom stereocenters. The topological polar surface area (TPSA) is 28.2 Å². The quantitative estimate of drug-likeness (QED) is 0.828. The molecule has 106 valence electrons. The van der Waals surface area contributed by atoms with Gasteiger partial charge < -0.3 is 10.2 Å². The van der Waals surface area contributed by atoms with Gasteiger partial charge in [0.2, 0.25) is 0 Å². The molecule has 1 saturated heterocycles. The summed E-state index contributed by atoms with van der Waals surface area (Å²) in [4.78, 5) is 6.97. The van der Waals surface area contributed by atoms with E-state index in [0.717, 1.165) is 34.4 Å². The Morgan fingerprint density at radius 3 is 2.84 bits per heavy atom. The molecule has 19 heavy (non-hydrogen) atoms. The third-order valence-electron chi connectivity index (χ3n) is 3.28. The Balaban J connectivity index is 2.15. The van der Waals surface area contributed by atoms with Gasteiger partial charge in [-0.2, -0.15) is 0 Å². The van der Waals surface area contributed by atoms with Crippen LogP contribution in [-0.4, -0.2) is 30.7 Å². The molecular formula is C14H21Br2N3. The van der Waals surface area contributed by atoms with Crippen molar-refractivity contribution in [2.45, 2.75) is 32.7 Å². The Labute approximate surface area is 132 Å². The second-order valence-electron chi connectivity index (χ2n) is 5.55. The first-order chi connectivity index (χ1) is 9.06. The van der Waals surface area contributed by atoms with Crippen LogP contribution in [0.25, 0.3) is 0 Å². The SMILES string of the molecule is CC(C)CN(CC1CCCN1)c1ncc(Br)cc1Br. The minimum absolute atomic E-state index is 0.594. The van der Waals surface area contributed by atoms with E-state index < -0.39 is 0 Å². The minimum atomic E-state index is 0.594. The van der Waals surface area contributed by atoms with Crippen molar-refractivity contribution in [2.75, 3.05) is 24.5 Å². The highest BCUT2D eigenvalue weighted by atomic mass is 79.9. The molecule has 0 spiro atoms. The Morgan fingerprint density at radius 2 is 2.26 bits per heavy atom. The van der Waals surface area contributed by atoms with Crippen molar-refractivity contribution >= 4 is 37.7 Å². The van der Waals surface area contributed by atoms with Crippen LogP contribution in [-0.2, 0) is 0 Å². The number of nitrogens with zero attached hydrogens (tertiary/aromatic N) is 2. The maximum absolute atomic E-state index is 4.58. The summed E-state index contributed by atoms with van der Waals surface area (Å²) in [5.41, 5.74) is 0. The van der Waals surface area contributed by atoms with Crippen molar-refractivity contribution in [3.63, 3.8) is 0 Å². The van der Waals surface area contributed by atoms with Gasteiger partial charge in [0.15, 0.2) is 0 Å². The lowest BCUT2D eigenvalue weighted by Gasteiger charge is -2.29. The Morgan fingerprint density at radius 1 is 1.47 bits per heavy atom. The molecule has 2 rings (SSSR count). The van der Waals surface area contributed by atoms with Gasteiger partial charge in [0.05, 0.1) is 4.47 Å². The second-order valence-corrected chi connectivity index (χ2v) is 7.32. The third-order valence-corrected chi connectivity index (χ3v) is 4.29. The summed E-state index contributed by atoms with van der Waals surface area (Å²) in [5.74, 6) is 1.67. The number of nitrogens with one attached hydrogen (secondary N) is 1. The fourth-order valence-electron chi connectivity index (χ4n) is 2.51. The highest BCUT2D eigenvalue weighted by Gasteiger charge is 2.21. The molecule has 1 fully saturated rings. The van der Waals surface area contributed by atoms with Crippen LogP contribution in [0.3, 0.4) is 0 Å². The molecule has 0 aliphatic carbocycles. The fraction of sp³-hybridized carbons (Fsp3) is 0.643. The van der Waals surface area contributed by atoms with Gasteiger partial charge in [-0.05, 0) is 63.2 Å². The molecule has 1 aromatic rings. The van der Waals surface area contributed by atoms with E-state index >= 15 is 0 Å². The Hall–Kier alpha value is -0.130. The van der Waals surface area contributed by atoms with Crippen LogP contribution in [0, 0.1) is 5.92 Å². The maximum atomic E-state index is 4.58. The molecule has 0 amide bonds. The number of hydrogen-bond donors (Lipinski definition) is 1. The van der Waals surface area contributed by atoms with Gasteiger partial charge >= 0.3 is 0 Å². The summed E-state index contributed by atoms with van der Waals surface area (Å²) < 4.78 is 2.06. The molecule has 5 heteroatoms. The van der Waals surface area contributed by atoms with Gasteiger partial charge in [-0.1, -0.05) is 13.8 Å². The number of halogens is 2. The van der Waals surface area contributed by atoms with Gasteiger partial charge in [-0.15, -0.1) is 0 Å². The summed E-state index contributed by atoms with van der Waals surface area (Å²) in [6.45, 7) is 7.72. The molecule has 1 unspecified atom stereocenters. The van der Waals surface area contributed by atoms with Crippen molar-refractivity contribution < 1.29 is 0 Å². The number of pyridine rings is 1. The Kier molecular flexibility index (Phi) is 5.66. The first kappa shape index (κ1) is 15.3. The predicted molar refractivity (Wildman–Crippen MR) is 87.7 cm³/mol. The van der Waals surface area contributed by atoms with Crippen LogP contribution in [0.2, 0.25) is 0 Å². The normalized spacial score (nSPS) is 19.1. The van der Waals surface area contributed by atoms with E-state index in [-0.39, 0.29) is 0 Å². The summed E-state index contributed by atoms with van der Waals surface area (Å²) in [6, 6.07) is 2.66. The van der Waals surface area contributed by atoms with E-state index in [9.17, 15) is 0 Å². The average molecular weight is 391 g/mol. The zero-order valence-electron chi connectivity index (χ0n) is 11.5. The lowest BCUT2D eigenvalue weighted by Crippen LogP contribution is -2.40. The molecule has 0 saturated carbocycles. The molecule has 1 aromatic heterocycles. The highest BCUT2D eigenvalue weighted by Crippen LogP contribution is 2.28. The molecule has 0 radical (unpaired) electrons. The largest absolute Gasteiger partial charge is 0.354 e. The standard InChI is InChI=1S/C14H21Br2N3/c1-10(2)8-19(9-12-4-3-5-17-12)14-13(16)6-11(15)7-18-14/h6-7,10,12,17H,3-5,8-9H2,1-2H3. The van der Waals surface area contributed by atoms with Crippen molar-refractivity contribution in [1.29, 1.82) is 0 Å². The van der Waals surface area contributed by atoms with Crippen molar-refractivity contribution in [1.82, 2.24) is 10.3 Å². The van der Waals surface area contributed by atoms with E-state index in [1.165, 1.54) is 12.8 Å². The van der Waals surface area contributed by atoms with Crippen molar-refractivity contribution in [3.05, 3.63) is 21.2 Å². The summed E-state index contributed by atoms with van der Waals surface area (Å²) in [6.07, 6.45) is 4.42. The molecule has 3 nitrogen and oxygen atoms in total. The molecule has 1 N–H and O–H groups in total. The van der Waals surface area contributed by atoms with Crippen LogP contribution < -0.4 is 10.2 Å². The smallest absolute Gasteiger partial charge is 0.143 e. The van der Waals surface area contributed by atoms with Gasteiger partial charge in [0.1, 0.15) is 5.82 Å². The molecule has 0 bridgehead atoms. The number of anilines is 1. The van der Waals surface area contributed by atoms with Crippen LogP contribution >= 0.6 is 31.9 Å². The summed E-state index contributed by atoms with van der Waals surface area (Å²) in [5, 5.41) is 3.57. The average Bonchev–Trinajstić information content (AvgIpc) is 2.80.